The normalized spacial score (nSPS) is 26.8. The molecule has 1 atom stereocenters. The van der Waals surface area contributed by atoms with Gasteiger partial charge in [0, 0.05) is 44.1 Å². The summed E-state index contributed by atoms with van der Waals surface area (Å²) in [5.41, 5.74) is 2.60. The first-order chi connectivity index (χ1) is 9.83. The predicted octanol–water partition coefficient (Wildman–Crippen LogP) is 1.25. The number of nitrogens with one attached hydrogen (secondary N) is 2. The summed E-state index contributed by atoms with van der Waals surface area (Å²) in [4.78, 5) is 16.6. The molecule has 0 aromatic carbocycles. The summed E-state index contributed by atoms with van der Waals surface area (Å²) in [6, 6.07) is 0.285. The van der Waals surface area contributed by atoms with Gasteiger partial charge in [0.2, 0.25) is 5.91 Å². The molecular weight excluding hydrogens is 252 g/mol. The van der Waals surface area contributed by atoms with Gasteiger partial charge in [0.05, 0.1) is 11.7 Å². The summed E-state index contributed by atoms with van der Waals surface area (Å²) < 4.78 is 2.43. The lowest BCUT2D eigenvalue weighted by atomic mass is 10.1. The van der Waals surface area contributed by atoms with Gasteiger partial charge >= 0.3 is 0 Å². The number of carbonyl (C=O) groups is 1. The van der Waals surface area contributed by atoms with Gasteiger partial charge in [-0.2, -0.15) is 0 Å². The van der Waals surface area contributed by atoms with E-state index in [0.29, 0.717) is 12.3 Å². The Kier molecular flexibility index (Phi) is 3.02. The van der Waals surface area contributed by atoms with Crippen LogP contribution >= 0.6 is 0 Å². The van der Waals surface area contributed by atoms with E-state index in [1.807, 2.05) is 0 Å². The van der Waals surface area contributed by atoms with Crippen molar-refractivity contribution in [3.63, 3.8) is 0 Å². The average molecular weight is 274 g/mol. The van der Waals surface area contributed by atoms with Crippen molar-refractivity contribution >= 4 is 5.91 Å². The van der Waals surface area contributed by atoms with Gasteiger partial charge < -0.3 is 15.2 Å². The van der Waals surface area contributed by atoms with Crippen molar-refractivity contribution in [2.75, 3.05) is 13.1 Å². The number of fused-ring (bicyclic) bond motifs is 1. The fraction of sp³-hybridized carbons (Fsp3) is 0.733. The number of hydrogen-bond acceptors (Lipinski definition) is 3. The van der Waals surface area contributed by atoms with E-state index in [1.165, 1.54) is 42.9 Å². The number of imidazole rings is 1. The van der Waals surface area contributed by atoms with Crippen molar-refractivity contribution in [3.05, 3.63) is 17.2 Å². The molecule has 108 valence electrons. The molecule has 1 aliphatic carbocycles. The van der Waals surface area contributed by atoms with Gasteiger partial charge in [-0.3, -0.25) is 4.79 Å². The number of rotatable bonds is 2. The maximum atomic E-state index is 11.6. The maximum absolute atomic E-state index is 11.6. The smallest absolute Gasteiger partial charge is 0.222 e. The molecular formula is C15H22N4O. The Labute approximate surface area is 119 Å². The second-order valence-corrected chi connectivity index (χ2v) is 6.30. The molecule has 1 amide bonds. The molecule has 3 heterocycles. The minimum Gasteiger partial charge on any atom is -0.354 e. The van der Waals surface area contributed by atoms with Crippen LogP contribution in [-0.4, -0.2) is 28.5 Å². The lowest BCUT2D eigenvalue weighted by Gasteiger charge is -2.22. The zero-order valence-corrected chi connectivity index (χ0v) is 11.8. The zero-order valence-electron chi connectivity index (χ0n) is 11.8. The van der Waals surface area contributed by atoms with Crippen molar-refractivity contribution in [2.24, 2.45) is 0 Å². The van der Waals surface area contributed by atoms with Crippen molar-refractivity contribution < 1.29 is 4.79 Å². The van der Waals surface area contributed by atoms with Crippen molar-refractivity contribution in [2.45, 2.75) is 57.0 Å². The summed E-state index contributed by atoms with van der Waals surface area (Å²) in [5, 5.41) is 6.39. The monoisotopic (exact) mass is 274 g/mol. The molecule has 0 radical (unpaired) electrons. The van der Waals surface area contributed by atoms with E-state index in [2.05, 4.69) is 15.2 Å². The van der Waals surface area contributed by atoms with Crippen LogP contribution in [0.5, 0.6) is 0 Å². The Morgan fingerprint density at radius 2 is 2.10 bits per heavy atom. The lowest BCUT2D eigenvalue weighted by molar-refractivity contribution is -0.119. The molecule has 4 rings (SSSR count). The van der Waals surface area contributed by atoms with E-state index in [9.17, 15) is 4.79 Å². The zero-order chi connectivity index (χ0) is 13.5. The van der Waals surface area contributed by atoms with Gasteiger partial charge in [-0.05, 0) is 12.8 Å². The highest BCUT2D eigenvalue weighted by atomic mass is 16.1. The Bertz CT molecular complexity index is 530. The number of nitrogens with zero attached hydrogens (tertiary/aromatic N) is 2. The minimum atomic E-state index is 0.184. The second kappa shape index (κ2) is 4.88. The summed E-state index contributed by atoms with van der Waals surface area (Å²) in [7, 11) is 0. The number of hydrogen-bond donors (Lipinski definition) is 2. The number of carbonyl (C=O) groups excluding carboxylic acids is 1. The highest BCUT2D eigenvalue weighted by Crippen LogP contribution is 2.37. The SMILES string of the molecule is O=C1CC(n2c(C3CCCC3)nc3c2CCNC3)CN1. The quantitative estimate of drug-likeness (QED) is 0.853. The predicted molar refractivity (Wildman–Crippen MR) is 75.5 cm³/mol. The molecule has 1 aromatic heterocycles. The van der Waals surface area contributed by atoms with Gasteiger partial charge in [0.1, 0.15) is 5.82 Å². The van der Waals surface area contributed by atoms with E-state index < -0.39 is 0 Å². The molecule has 2 N–H and O–H groups in total. The Morgan fingerprint density at radius 3 is 2.85 bits per heavy atom. The van der Waals surface area contributed by atoms with E-state index in [1.54, 1.807) is 0 Å². The van der Waals surface area contributed by atoms with Crippen LogP contribution in [0.3, 0.4) is 0 Å². The second-order valence-electron chi connectivity index (χ2n) is 6.30. The first kappa shape index (κ1) is 12.4. The molecule has 2 fully saturated rings. The third-order valence-electron chi connectivity index (χ3n) is 4.99. The van der Waals surface area contributed by atoms with Crippen molar-refractivity contribution in [1.29, 1.82) is 0 Å². The standard InChI is InChI=1S/C15H22N4O/c20-14-7-11(8-17-14)19-13-5-6-16-9-12(13)18-15(19)10-3-1-2-4-10/h10-11,16H,1-9H2,(H,17,20). The fourth-order valence-corrected chi connectivity index (χ4v) is 4.01. The topological polar surface area (TPSA) is 59.0 Å². The van der Waals surface area contributed by atoms with Gasteiger partial charge in [0.15, 0.2) is 0 Å². The van der Waals surface area contributed by atoms with E-state index in [4.69, 9.17) is 4.98 Å². The maximum Gasteiger partial charge on any atom is 0.222 e. The van der Waals surface area contributed by atoms with Crippen LogP contribution in [-0.2, 0) is 17.8 Å². The van der Waals surface area contributed by atoms with Crippen molar-refractivity contribution in [1.82, 2.24) is 20.2 Å². The molecule has 1 unspecified atom stereocenters. The molecule has 0 bridgehead atoms. The molecule has 20 heavy (non-hydrogen) atoms. The van der Waals surface area contributed by atoms with Crippen LogP contribution in [0.25, 0.3) is 0 Å². The number of amides is 1. The molecule has 3 aliphatic rings. The summed E-state index contributed by atoms with van der Waals surface area (Å²) in [6.45, 7) is 2.68. The lowest BCUT2D eigenvalue weighted by Crippen LogP contribution is -2.27. The Balaban J connectivity index is 1.76. The molecule has 1 saturated carbocycles. The molecule has 5 heteroatoms. The van der Waals surface area contributed by atoms with Crippen LogP contribution in [0.15, 0.2) is 0 Å². The van der Waals surface area contributed by atoms with Crippen LogP contribution in [0, 0.1) is 0 Å². The molecule has 5 nitrogen and oxygen atoms in total. The summed E-state index contributed by atoms with van der Waals surface area (Å²) in [5.74, 6) is 2.05. The number of aromatic nitrogens is 2. The first-order valence-electron chi connectivity index (χ1n) is 7.90. The highest BCUT2D eigenvalue weighted by Gasteiger charge is 2.33. The largest absolute Gasteiger partial charge is 0.354 e. The third kappa shape index (κ3) is 1.95. The summed E-state index contributed by atoms with van der Waals surface area (Å²) in [6.07, 6.45) is 6.83. The van der Waals surface area contributed by atoms with E-state index in [-0.39, 0.29) is 11.9 Å². The van der Waals surface area contributed by atoms with Crippen LogP contribution < -0.4 is 10.6 Å². The van der Waals surface area contributed by atoms with Crippen molar-refractivity contribution in [3.8, 4) is 0 Å². The fourth-order valence-electron chi connectivity index (χ4n) is 4.01. The molecule has 1 saturated heterocycles. The summed E-state index contributed by atoms with van der Waals surface area (Å²) >= 11 is 0. The molecule has 0 spiro atoms. The minimum absolute atomic E-state index is 0.184. The Hall–Kier alpha value is -1.36. The molecule has 2 aliphatic heterocycles. The first-order valence-corrected chi connectivity index (χ1v) is 7.90. The molecule has 1 aromatic rings. The van der Waals surface area contributed by atoms with Gasteiger partial charge in [-0.1, -0.05) is 12.8 Å². The van der Waals surface area contributed by atoms with Gasteiger partial charge in [-0.25, -0.2) is 4.98 Å². The van der Waals surface area contributed by atoms with Crippen LogP contribution in [0.4, 0.5) is 0 Å². The highest BCUT2D eigenvalue weighted by molar-refractivity contribution is 5.78. The van der Waals surface area contributed by atoms with Gasteiger partial charge in [-0.15, -0.1) is 0 Å². The van der Waals surface area contributed by atoms with E-state index in [0.717, 1.165) is 26.1 Å². The average Bonchev–Trinajstić information content (AvgIpc) is 3.16. The third-order valence-corrected chi connectivity index (χ3v) is 4.99. The van der Waals surface area contributed by atoms with E-state index >= 15 is 0 Å². The van der Waals surface area contributed by atoms with Crippen LogP contribution in [0.1, 0.15) is 61.3 Å². The Morgan fingerprint density at radius 1 is 1.25 bits per heavy atom. The van der Waals surface area contributed by atoms with Gasteiger partial charge in [0.25, 0.3) is 0 Å². The van der Waals surface area contributed by atoms with Crippen LogP contribution in [0.2, 0.25) is 0 Å².